The van der Waals surface area contributed by atoms with E-state index in [1.165, 1.54) is 0 Å². The Balaban J connectivity index is 2.31. The number of hydrogen-bond donors (Lipinski definition) is 0. The minimum atomic E-state index is 0.670. The predicted octanol–water partition coefficient (Wildman–Crippen LogP) is 3.49. The Morgan fingerprint density at radius 2 is 1.40 bits per heavy atom. The zero-order valence-electron chi connectivity index (χ0n) is 12.0. The van der Waals surface area contributed by atoms with Crippen LogP contribution in [-0.2, 0) is 0 Å². The summed E-state index contributed by atoms with van der Waals surface area (Å²) in [6.45, 7) is 0. The lowest BCUT2D eigenvalue weighted by Crippen LogP contribution is -2.36. The Bertz CT molecular complexity index is 743. The molecule has 0 aliphatic rings. The molecule has 0 radical (unpaired) electrons. The molecular formula is C17H18N3+. The molecule has 3 rings (SSSR count). The lowest BCUT2D eigenvalue weighted by Gasteiger charge is -2.23. The lowest BCUT2D eigenvalue weighted by molar-refractivity contribution is 0.477. The first-order valence-corrected chi connectivity index (χ1v) is 6.70. The van der Waals surface area contributed by atoms with Crippen molar-refractivity contribution in [3.63, 3.8) is 0 Å². The van der Waals surface area contributed by atoms with Crippen molar-refractivity contribution in [2.45, 2.75) is 0 Å². The summed E-state index contributed by atoms with van der Waals surface area (Å²) in [6.07, 6.45) is 0. The molecule has 1 heterocycles. The van der Waals surface area contributed by atoms with Crippen LogP contribution in [-0.4, -0.2) is 31.1 Å². The number of fused-ring (bicyclic) bond motifs is 1. The summed E-state index contributed by atoms with van der Waals surface area (Å²) in [5.41, 5.74) is 2.04. The van der Waals surface area contributed by atoms with Gasteiger partial charge in [-0.3, -0.25) is 4.48 Å². The molecule has 20 heavy (non-hydrogen) atoms. The molecule has 0 saturated heterocycles. The summed E-state index contributed by atoms with van der Waals surface area (Å²) in [5.74, 6) is 1.82. The van der Waals surface area contributed by atoms with Gasteiger partial charge in [0.25, 0.3) is 0 Å². The number of rotatable bonds is 2. The third kappa shape index (κ3) is 2.28. The second-order valence-electron chi connectivity index (χ2n) is 5.77. The van der Waals surface area contributed by atoms with Gasteiger partial charge in [-0.2, -0.15) is 4.98 Å². The van der Waals surface area contributed by atoms with Crippen LogP contribution in [0.25, 0.3) is 22.3 Å². The second kappa shape index (κ2) is 4.69. The SMILES string of the molecule is C[N+](C)(C)c1nc(-c2ccccc2)nc2ccccc12. The number of nitrogens with zero attached hydrogens (tertiary/aromatic N) is 3. The van der Waals surface area contributed by atoms with Gasteiger partial charge in [-0.1, -0.05) is 42.5 Å². The maximum absolute atomic E-state index is 4.80. The molecule has 0 aliphatic carbocycles. The highest BCUT2D eigenvalue weighted by Gasteiger charge is 2.20. The molecule has 2 aromatic carbocycles. The van der Waals surface area contributed by atoms with Crippen molar-refractivity contribution in [2.75, 3.05) is 21.1 Å². The van der Waals surface area contributed by atoms with Crippen LogP contribution in [0.3, 0.4) is 0 Å². The highest BCUT2D eigenvalue weighted by atomic mass is 15.3. The normalized spacial score (nSPS) is 11.8. The fourth-order valence-corrected chi connectivity index (χ4v) is 2.29. The van der Waals surface area contributed by atoms with Crippen molar-refractivity contribution in [1.29, 1.82) is 0 Å². The van der Waals surface area contributed by atoms with Crippen LogP contribution >= 0.6 is 0 Å². The smallest absolute Gasteiger partial charge is 0.238 e. The maximum Gasteiger partial charge on any atom is 0.238 e. The largest absolute Gasteiger partial charge is 0.281 e. The monoisotopic (exact) mass is 264 g/mol. The number of hydrogen-bond acceptors (Lipinski definition) is 2. The average molecular weight is 264 g/mol. The first kappa shape index (κ1) is 12.8. The van der Waals surface area contributed by atoms with Gasteiger partial charge in [0.05, 0.1) is 32.0 Å². The summed E-state index contributed by atoms with van der Waals surface area (Å²) in [5, 5.41) is 1.11. The van der Waals surface area contributed by atoms with Crippen LogP contribution in [0.5, 0.6) is 0 Å². The first-order chi connectivity index (χ1) is 9.55. The van der Waals surface area contributed by atoms with Crippen LogP contribution in [0.2, 0.25) is 0 Å². The summed E-state index contributed by atoms with van der Waals surface area (Å²) >= 11 is 0. The van der Waals surface area contributed by atoms with Crippen molar-refractivity contribution >= 4 is 16.7 Å². The molecular weight excluding hydrogens is 246 g/mol. The molecule has 0 saturated carbocycles. The predicted molar refractivity (Wildman–Crippen MR) is 84.5 cm³/mol. The maximum atomic E-state index is 4.80. The summed E-state index contributed by atoms with van der Waals surface area (Å²) < 4.78 is 0.670. The number of benzene rings is 2. The topological polar surface area (TPSA) is 25.8 Å². The Labute approximate surface area is 119 Å². The van der Waals surface area contributed by atoms with Crippen LogP contribution < -0.4 is 4.48 Å². The molecule has 3 nitrogen and oxygen atoms in total. The van der Waals surface area contributed by atoms with Crippen LogP contribution in [0.15, 0.2) is 54.6 Å². The van der Waals surface area contributed by atoms with Gasteiger partial charge in [-0.15, -0.1) is 0 Å². The summed E-state index contributed by atoms with van der Waals surface area (Å²) in [7, 11) is 6.39. The zero-order chi connectivity index (χ0) is 14.2. The van der Waals surface area contributed by atoms with Gasteiger partial charge in [0.1, 0.15) is 0 Å². The first-order valence-electron chi connectivity index (χ1n) is 6.70. The van der Waals surface area contributed by atoms with E-state index in [1.807, 2.05) is 48.5 Å². The summed E-state index contributed by atoms with van der Waals surface area (Å²) in [6, 6.07) is 18.3. The van der Waals surface area contributed by atoms with Gasteiger partial charge in [0.15, 0.2) is 5.82 Å². The van der Waals surface area contributed by atoms with Gasteiger partial charge in [0.2, 0.25) is 5.82 Å². The van der Waals surface area contributed by atoms with Crippen LogP contribution in [0.4, 0.5) is 5.82 Å². The van der Waals surface area contributed by atoms with E-state index in [-0.39, 0.29) is 0 Å². The Morgan fingerprint density at radius 1 is 0.750 bits per heavy atom. The molecule has 0 N–H and O–H groups in total. The van der Waals surface area contributed by atoms with E-state index in [2.05, 4.69) is 27.2 Å². The molecule has 0 spiro atoms. The number of para-hydroxylation sites is 1. The fraction of sp³-hybridized carbons (Fsp3) is 0.176. The molecule has 0 bridgehead atoms. The van der Waals surface area contributed by atoms with Crippen molar-refractivity contribution in [3.8, 4) is 11.4 Å². The second-order valence-corrected chi connectivity index (χ2v) is 5.77. The van der Waals surface area contributed by atoms with Crippen molar-refractivity contribution in [3.05, 3.63) is 54.6 Å². The quantitative estimate of drug-likeness (QED) is 0.662. The van der Waals surface area contributed by atoms with Crippen LogP contribution in [0, 0.1) is 0 Å². The standard InChI is InChI=1S/C17H18N3/c1-20(2,3)17-14-11-7-8-12-15(14)18-16(19-17)13-9-5-4-6-10-13/h4-12H,1-3H3/q+1. The third-order valence-corrected chi connectivity index (χ3v) is 3.25. The molecule has 0 fully saturated rings. The minimum Gasteiger partial charge on any atom is -0.281 e. The summed E-state index contributed by atoms with van der Waals surface area (Å²) in [4.78, 5) is 9.50. The van der Waals surface area contributed by atoms with Gasteiger partial charge in [-0.25, -0.2) is 4.98 Å². The van der Waals surface area contributed by atoms with E-state index in [4.69, 9.17) is 9.97 Å². The van der Waals surface area contributed by atoms with E-state index in [1.54, 1.807) is 0 Å². The molecule has 100 valence electrons. The van der Waals surface area contributed by atoms with Crippen LogP contribution in [0.1, 0.15) is 0 Å². The third-order valence-electron chi connectivity index (χ3n) is 3.25. The van der Waals surface area contributed by atoms with Gasteiger partial charge in [0, 0.05) is 5.56 Å². The van der Waals surface area contributed by atoms with Gasteiger partial charge < -0.3 is 0 Å². The van der Waals surface area contributed by atoms with Crippen molar-refractivity contribution < 1.29 is 0 Å². The van der Waals surface area contributed by atoms with E-state index >= 15 is 0 Å². The van der Waals surface area contributed by atoms with Crippen molar-refractivity contribution in [2.24, 2.45) is 0 Å². The zero-order valence-corrected chi connectivity index (χ0v) is 12.0. The fourth-order valence-electron chi connectivity index (χ4n) is 2.29. The highest BCUT2D eigenvalue weighted by Crippen LogP contribution is 2.28. The van der Waals surface area contributed by atoms with Gasteiger partial charge in [-0.05, 0) is 12.1 Å². The minimum absolute atomic E-state index is 0.670. The lowest BCUT2D eigenvalue weighted by atomic mass is 10.1. The van der Waals surface area contributed by atoms with E-state index < -0.39 is 0 Å². The Morgan fingerprint density at radius 3 is 2.10 bits per heavy atom. The molecule has 0 aliphatic heterocycles. The average Bonchev–Trinajstić information content (AvgIpc) is 2.46. The number of quaternary nitrogens is 1. The molecule has 0 atom stereocenters. The molecule has 0 unspecified atom stereocenters. The molecule has 1 aromatic heterocycles. The molecule has 0 amide bonds. The Kier molecular flexibility index (Phi) is 2.99. The molecule has 3 aromatic rings. The van der Waals surface area contributed by atoms with Crippen molar-refractivity contribution in [1.82, 2.24) is 14.5 Å². The number of aromatic nitrogens is 2. The van der Waals surface area contributed by atoms with E-state index in [9.17, 15) is 0 Å². The van der Waals surface area contributed by atoms with Gasteiger partial charge >= 0.3 is 0 Å². The Hall–Kier alpha value is -2.26. The highest BCUT2D eigenvalue weighted by molar-refractivity contribution is 5.89. The molecule has 3 heteroatoms. The van der Waals surface area contributed by atoms with E-state index in [0.717, 1.165) is 28.1 Å². The van der Waals surface area contributed by atoms with E-state index in [0.29, 0.717) is 4.48 Å².